The van der Waals surface area contributed by atoms with Crippen LogP contribution in [0.2, 0.25) is 5.02 Å². The zero-order valence-electron chi connectivity index (χ0n) is 15.9. The van der Waals surface area contributed by atoms with E-state index in [-0.39, 0.29) is 11.6 Å². The molecule has 2 aromatic carbocycles. The van der Waals surface area contributed by atoms with E-state index in [4.69, 9.17) is 16.6 Å². The largest absolute Gasteiger partial charge is 0.361 e. The molecule has 0 unspecified atom stereocenters. The number of anilines is 2. The van der Waals surface area contributed by atoms with Crippen molar-refractivity contribution in [2.75, 3.05) is 16.4 Å². The van der Waals surface area contributed by atoms with Crippen LogP contribution in [-0.2, 0) is 4.79 Å². The monoisotopic (exact) mass is 413 g/mol. The van der Waals surface area contributed by atoms with Crippen LogP contribution in [0.25, 0.3) is 0 Å². The van der Waals surface area contributed by atoms with E-state index in [1.807, 2.05) is 31.2 Å². The summed E-state index contributed by atoms with van der Waals surface area (Å²) in [5.41, 5.74) is 3.70. The molecule has 0 aromatic heterocycles. The van der Waals surface area contributed by atoms with E-state index in [2.05, 4.69) is 22.8 Å². The highest BCUT2D eigenvalue weighted by molar-refractivity contribution is 8.15. The van der Waals surface area contributed by atoms with Crippen molar-refractivity contribution in [3.8, 4) is 0 Å². The van der Waals surface area contributed by atoms with Crippen molar-refractivity contribution in [1.29, 1.82) is 0 Å². The standard InChI is InChI=1S/C22H24ClN3OS/c1-15-9-10-16(13-18(15)23)24-20(27)14-28-21-17-7-3-4-8-19(17)25-22(26-21)11-5-2-6-12-22/h3-4,7-10,13,25H,2,5-6,11-12,14H2,1H3,(H,24,27). The summed E-state index contributed by atoms with van der Waals surface area (Å²) in [6, 6.07) is 13.8. The van der Waals surface area contributed by atoms with Crippen molar-refractivity contribution >= 4 is 45.7 Å². The van der Waals surface area contributed by atoms with Gasteiger partial charge in [0.05, 0.1) is 5.75 Å². The van der Waals surface area contributed by atoms with Crippen LogP contribution >= 0.6 is 23.4 Å². The molecule has 1 amide bonds. The van der Waals surface area contributed by atoms with E-state index in [0.29, 0.717) is 10.8 Å². The molecule has 1 aliphatic carbocycles. The molecule has 4 nitrogen and oxygen atoms in total. The Morgan fingerprint density at radius 1 is 1.21 bits per heavy atom. The van der Waals surface area contributed by atoms with Gasteiger partial charge < -0.3 is 10.6 Å². The van der Waals surface area contributed by atoms with E-state index >= 15 is 0 Å². The zero-order chi connectivity index (χ0) is 19.6. The van der Waals surface area contributed by atoms with E-state index in [1.165, 1.54) is 31.0 Å². The highest BCUT2D eigenvalue weighted by Gasteiger charge is 2.36. The quantitative estimate of drug-likeness (QED) is 0.663. The molecule has 146 valence electrons. The number of aliphatic imine (C=N–C) groups is 1. The molecule has 28 heavy (non-hydrogen) atoms. The number of benzene rings is 2. The molecule has 2 N–H and O–H groups in total. The maximum Gasteiger partial charge on any atom is 0.234 e. The third-order valence-corrected chi connectivity index (χ3v) is 6.72. The highest BCUT2D eigenvalue weighted by Crippen LogP contribution is 2.39. The number of thioether (sulfide) groups is 1. The smallest absolute Gasteiger partial charge is 0.234 e. The van der Waals surface area contributed by atoms with Crippen LogP contribution in [0.15, 0.2) is 47.5 Å². The molecule has 0 saturated heterocycles. The molecule has 1 spiro atoms. The Labute approximate surface area is 175 Å². The number of aryl methyl sites for hydroxylation is 1. The Balaban J connectivity index is 1.48. The average molecular weight is 414 g/mol. The first kappa shape index (κ1) is 19.3. The Morgan fingerprint density at radius 3 is 2.79 bits per heavy atom. The molecular formula is C22H24ClN3OS. The number of carbonyl (C=O) groups is 1. The van der Waals surface area contributed by atoms with Gasteiger partial charge in [-0.3, -0.25) is 4.79 Å². The number of para-hydroxylation sites is 1. The molecule has 1 heterocycles. The lowest BCUT2D eigenvalue weighted by atomic mass is 9.88. The van der Waals surface area contributed by atoms with Crippen molar-refractivity contribution in [1.82, 2.24) is 0 Å². The summed E-state index contributed by atoms with van der Waals surface area (Å²) < 4.78 is 0. The molecule has 1 saturated carbocycles. The Hall–Kier alpha value is -1.98. The van der Waals surface area contributed by atoms with Gasteiger partial charge in [-0.2, -0.15) is 0 Å². The van der Waals surface area contributed by atoms with Crippen molar-refractivity contribution < 1.29 is 4.79 Å². The van der Waals surface area contributed by atoms with Crippen LogP contribution in [0, 0.1) is 6.92 Å². The summed E-state index contributed by atoms with van der Waals surface area (Å²) in [4.78, 5) is 17.6. The Kier molecular flexibility index (Phi) is 5.65. The number of fused-ring (bicyclic) bond motifs is 1. The van der Waals surface area contributed by atoms with Gasteiger partial charge in [-0.05, 0) is 56.4 Å². The maximum atomic E-state index is 12.5. The first-order valence-corrected chi connectivity index (χ1v) is 11.1. The summed E-state index contributed by atoms with van der Waals surface area (Å²) in [7, 11) is 0. The second kappa shape index (κ2) is 8.18. The van der Waals surface area contributed by atoms with E-state index in [9.17, 15) is 4.79 Å². The fraction of sp³-hybridized carbons (Fsp3) is 0.364. The predicted molar refractivity (Wildman–Crippen MR) is 120 cm³/mol. The normalized spacial score (nSPS) is 17.4. The number of carbonyl (C=O) groups excluding carboxylic acids is 1. The first-order valence-electron chi connectivity index (χ1n) is 9.71. The number of nitrogens with zero attached hydrogens (tertiary/aromatic N) is 1. The number of hydrogen-bond donors (Lipinski definition) is 2. The SMILES string of the molecule is Cc1ccc(NC(=O)CSC2=NC3(CCCCC3)Nc3ccccc32)cc1Cl. The third-order valence-electron chi connectivity index (χ3n) is 5.32. The van der Waals surface area contributed by atoms with Gasteiger partial charge in [0.1, 0.15) is 10.7 Å². The van der Waals surface area contributed by atoms with Gasteiger partial charge in [-0.15, -0.1) is 0 Å². The minimum Gasteiger partial charge on any atom is -0.361 e. The fourth-order valence-electron chi connectivity index (χ4n) is 3.80. The third kappa shape index (κ3) is 4.20. The molecule has 0 bridgehead atoms. The molecule has 1 aliphatic heterocycles. The summed E-state index contributed by atoms with van der Waals surface area (Å²) in [5, 5.41) is 8.20. The molecule has 6 heteroatoms. The van der Waals surface area contributed by atoms with Crippen molar-refractivity contribution in [3.05, 3.63) is 58.6 Å². The van der Waals surface area contributed by atoms with Crippen molar-refractivity contribution in [3.63, 3.8) is 0 Å². The van der Waals surface area contributed by atoms with Crippen LogP contribution in [0.1, 0.15) is 43.2 Å². The predicted octanol–water partition coefficient (Wildman–Crippen LogP) is 5.85. The highest BCUT2D eigenvalue weighted by atomic mass is 35.5. The van der Waals surface area contributed by atoms with Gasteiger partial charge in [0.25, 0.3) is 0 Å². The topological polar surface area (TPSA) is 53.5 Å². The van der Waals surface area contributed by atoms with Gasteiger partial charge in [0.15, 0.2) is 0 Å². The number of nitrogens with one attached hydrogen (secondary N) is 2. The van der Waals surface area contributed by atoms with E-state index < -0.39 is 0 Å². The van der Waals surface area contributed by atoms with Crippen LogP contribution < -0.4 is 10.6 Å². The molecular weight excluding hydrogens is 390 g/mol. The van der Waals surface area contributed by atoms with Gasteiger partial charge in [0, 0.05) is 22.0 Å². The van der Waals surface area contributed by atoms with E-state index in [1.54, 1.807) is 6.07 Å². The Morgan fingerprint density at radius 2 is 2.00 bits per heavy atom. The number of amides is 1. The molecule has 0 atom stereocenters. The van der Waals surface area contributed by atoms with Crippen LogP contribution in [0.5, 0.6) is 0 Å². The first-order chi connectivity index (χ1) is 13.5. The number of hydrogen-bond acceptors (Lipinski definition) is 4. The molecule has 1 fully saturated rings. The maximum absolute atomic E-state index is 12.5. The molecule has 0 radical (unpaired) electrons. The lowest BCUT2D eigenvalue weighted by Gasteiger charge is -2.39. The van der Waals surface area contributed by atoms with Gasteiger partial charge >= 0.3 is 0 Å². The van der Waals surface area contributed by atoms with Gasteiger partial charge in [-0.25, -0.2) is 4.99 Å². The zero-order valence-corrected chi connectivity index (χ0v) is 17.5. The second-order valence-electron chi connectivity index (χ2n) is 7.48. The summed E-state index contributed by atoms with van der Waals surface area (Å²) in [6.07, 6.45) is 5.72. The Bertz CT molecular complexity index is 922. The van der Waals surface area contributed by atoms with Gasteiger partial charge in [0.2, 0.25) is 5.91 Å². The summed E-state index contributed by atoms with van der Waals surface area (Å²) in [5.74, 6) is 0.260. The molecule has 4 rings (SSSR count). The summed E-state index contributed by atoms with van der Waals surface area (Å²) >= 11 is 7.66. The number of halogens is 1. The average Bonchev–Trinajstić information content (AvgIpc) is 2.69. The fourth-order valence-corrected chi connectivity index (χ4v) is 4.89. The number of rotatable bonds is 3. The molecule has 2 aliphatic rings. The molecule has 2 aromatic rings. The lowest BCUT2D eigenvalue weighted by Crippen LogP contribution is -2.42. The van der Waals surface area contributed by atoms with Crippen molar-refractivity contribution in [2.24, 2.45) is 4.99 Å². The van der Waals surface area contributed by atoms with E-state index in [0.717, 1.165) is 40.4 Å². The lowest BCUT2D eigenvalue weighted by molar-refractivity contribution is -0.113. The minimum atomic E-state index is -0.212. The van der Waals surface area contributed by atoms with Crippen LogP contribution in [-0.4, -0.2) is 22.4 Å². The van der Waals surface area contributed by atoms with Crippen LogP contribution in [0.4, 0.5) is 11.4 Å². The van der Waals surface area contributed by atoms with Crippen LogP contribution in [0.3, 0.4) is 0 Å². The second-order valence-corrected chi connectivity index (χ2v) is 8.85. The van der Waals surface area contributed by atoms with Crippen molar-refractivity contribution in [2.45, 2.75) is 44.7 Å². The summed E-state index contributed by atoms with van der Waals surface area (Å²) in [6.45, 7) is 1.94. The van der Waals surface area contributed by atoms with Gasteiger partial charge in [-0.1, -0.05) is 54.0 Å². The minimum absolute atomic E-state index is 0.0543.